The number of nitrogens with one attached hydrogen (secondary N) is 2. The Kier molecular flexibility index (Phi) is 5.30. The lowest BCUT2D eigenvalue weighted by Crippen LogP contribution is -2.02. The summed E-state index contributed by atoms with van der Waals surface area (Å²) in [5, 5.41) is 10.2. The van der Waals surface area contributed by atoms with Crippen molar-refractivity contribution in [1.82, 2.24) is 15.1 Å². The van der Waals surface area contributed by atoms with Crippen LogP contribution in [0.5, 0.6) is 17.2 Å². The molecule has 0 saturated heterocycles. The summed E-state index contributed by atoms with van der Waals surface area (Å²) < 4.78 is 21.1. The van der Waals surface area contributed by atoms with E-state index in [4.69, 9.17) is 18.7 Å². The Hall–Kier alpha value is -3.49. The van der Waals surface area contributed by atoms with Gasteiger partial charge in [-0.2, -0.15) is 0 Å². The van der Waals surface area contributed by atoms with E-state index >= 15 is 0 Å². The minimum absolute atomic E-state index is 0.521. The monoisotopic (exact) mass is 371 g/mol. The number of rotatable bonds is 7. The molecule has 0 atom stereocenters. The summed E-state index contributed by atoms with van der Waals surface area (Å²) in [6, 6.07) is 7.14. The van der Waals surface area contributed by atoms with Gasteiger partial charge in [-0.05, 0) is 13.8 Å². The third-order valence-corrected chi connectivity index (χ3v) is 3.66. The lowest BCUT2D eigenvalue weighted by atomic mass is 10.2. The third-order valence-electron chi connectivity index (χ3n) is 3.66. The topological polar surface area (TPSA) is 104 Å². The molecule has 0 amide bonds. The molecular formula is C18H21N5O4. The van der Waals surface area contributed by atoms with Crippen molar-refractivity contribution >= 4 is 23.1 Å². The summed E-state index contributed by atoms with van der Waals surface area (Å²) in [7, 11) is 4.69. The molecule has 0 aliphatic heterocycles. The predicted molar refractivity (Wildman–Crippen MR) is 101 cm³/mol. The molecule has 0 unspecified atom stereocenters. The Morgan fingerprint density at radius 1 is 0.778 bits per heavy atom. The van der Waals surface area contributed by atoms with Crippen LogP contribution in [-0.4, -0.2) is 36.5 Å². The van der Waals surface area contributed by atoms with Crippen LogP contribution in [0.4, 0.5) is 23.1 Å². The fraction of sp³-hybridized carbons (Fsp3) is 0.278. The maximum absolute atomic E-state index is 5.38. The van der Waals surface area contributed by atoms with E-state index in [1.807, 2.05) is 6.92 Å². The number of methoxy groups -OCH3 is 3. The Morgan fingerprint density at radius 3 is 1.93 bits per heavy atom. The van der Waals surface area contributed by atoms with Gasteiger partial charge in [-0.15, -0.1) is 0 Å². The van der Waals surface area contributed by atoms with E-state index in [-0.39, 0.29) is 0 Å². The fourth-order valence-corrected chi connectivity index (χ4v) is 2.55. The number of nitrogens with zero attached hydrogens (tertiary/aromatic N) is 3. The Morgan fingerprint density at radius 2 is 1.41 bits per heavy atom. The Balaban J connectivity index is 1.89. The molecule has 9 nitrogen and oxygen atoms in total. The molecule has 0 spiro atoms. The molecule has 3 aromatic rings. The minimum atomic E-state index is 0.521. The van der Waals surface area contributed by atoms with Crippen LogP contribution in [0.25, 0.3) is 0 Å². The van der Waals surface area contributed by atoms with Crippen molar-refractivity contribution in [1.29, 1.82) is 0 Å². The number of anilines is 4. The molecule has 1 aromatic carbocycles. The van der Waals surface area contributed by atoms with Gasteiger partial charge in [0.25, 0.3) is 0 Å². The second-order valence-electron chi connectivity index (χ2n) is 5.67. The van der Waals surface area contributed by atoms with Crippen molar-refractivity contribution < 1.29 is 18.7 Å². The average molecular weight is 371 g/mol. The molecule has 142 valence electrons. The highest BCUT2D eigenvalue weighted by Gasteiger charge is 2.14. The first-order valence-corrected chi connectivity index (χ1v) is 8.15. The van der Waals surface area contributed by atoms with Crippen LogP contribution in [0.2, 0.25) is 0 Å². The molecule has 3 rings (SSSR count). The van der Waals surface area contributed by atoms with Crippen LogP contribution in [0.15, 0.2) is 28.8 Å². The van der Waals surface area contributed by atoms with Crippen molar-refractivity contribution in [3.8, 4) is 17.2 Å². The van der Waals surface area contributed by atoms with Crippen LogP contribution in [0.3, 0.4) is 0 Å². The van der Waals surface area contributed by atoms with Gasteiger partial charge in [-0.25, -0.2) is 9.97 Å². The zero-order valence-corrected chi connectivity index (χ0v) is 15.8. The first-order chi connectivity index (χ1) is 13.0. The molecule has 0 bridgehead atoms. The van der Waals surface area contributed by atoms with E-state index in [0.29, 0.717) is 46.3 Å². The lowest BCUT2D eigenvalue weighted by Gasteiger charge is -2.15. The molecule has 0 fully saturated rings. The maximum atomic E-state index is 5.38. The Labute approximate surface area is 156 Å². The van der Waals surface area contributed by atoms with Crippen molar-refractivity contribution in [2.45, 2.75) is 13.8 Å². The van der Waals surface area contributed by atoms with Crippen molar-refractivity contribution in [2.75, 3.05) is 32.0 Å². The summed E-state index contributed by atoms with van der Waals surface area (Å²) >= 11 is 0. The molecule has 27 heavy (non-hydrogen) atoms. The van der Waals surface area contributed by atoms with Gasteiger partial charge in [0.05, 0.1) is 21.3 Å². The van der Waals surface area contributed by atoms with E-state index in [0.717, 1.165) is 5.69 Å². The van der Waals surface area contributed by atoms with Gasteiger partial charge in [0.1, 0.15) is 23.2 Å². The van der Waals surface area contributed by atoms with Crippen LogP contribution < -0.4 is 24.8 Å². The average Bonchev–Trinajstić information content (AvgIpc) is 3.04. The van der Waals surface area contributed by atoms with Crippen LogP contribution in [0.1, 0.15) is 11.6 Å². The second kappa shape index (κ2) is 7.81. The summed E-state index contributed by atoms with van der Waals surface area (Å²) in [6.07, 6.45) is 0. The van der Waals surface area contributed by atoms with Gasteiger partial charge in [0.2, 0.25) is 5.75 Å². The normalized spacial score (nSPS) is 10.4. The number of aromatic nitrogens is 3. The van der Waals surface area contributed by atoms with Gasteiger partial charge in [-0.1, -0.05) is 5.16 Å². The first-order valence-electron chi connectivity index (χ1n) is 8.15. The predicted octanol–water partition coefficient (Wildman–Crippen LogP) is 3.59. The van der Waals surface area contributed by atoms with E-state index in [2.05, 4.69) is 25.8 Å². The number of ether oxygens (including phenoxy) is 3. The van der Waals surface area contributed by atoms with Gasteiger partial charge in [0.15, 0.2) is 17.3 Å². The van der Waals surface area contributed by atoms with Gasteiger partial charge < -0.3 is 29.4 Å². The number of benzene rings is 1. The van der Waals surface area contributed by atoms with E-state index in [9.17, 15) is 0 Å². The highest BCUT2D eigenvalue weighted by molar-refractivity contribution is 5.68. The van der Waals surface area contributed by atoms with E-state index < -0.39 is 0 Å². The molecule has 2 aromatic heterocycles. The van der Waals surface area contributed by atoms with Crippen molar-refractivity contribution in [3.05, 3.63) is 35.9 Å². The van der Waals surface area contributed by atoms with Crippen molar-refractivity contribution in [3.63, 3.8) is 0 Å². The minimum Gasteiger partial charge on any atom is -0.493 e. The SMILES string of the molecule is COc1cc(Nc2cc(Nc3cc(C)on3)nc(C)n2)cc(OC)c1OC. The first kappa shape index (κ1) is 18.3. The summed E-state index contributed by atoms with van der Waals surface area (Å²) in [4.78, 5) is 8.77. The molecule has 2 N–H and O–H groups in total. The Bertz CT molecular complexity index is 916. The second-order valence-corrected chi connectivity index (χ2v) is 5.67. The largest absolute Gasteiger partial charge is 0.493 e. The van der Waals surface area contributed by atoms with E-state index in [1.165, 1.54) is 0 Å². The maximum Gasteiger partial charge on any atom is 0.203 e. The quantitative estimate of drug-likeness (QED) is 0.644. The molecule has 0 aliphatic rings. The fourth-order valence-electron chi connectivity index (χ4n) is 2.55. The van der Waals surface area contributed by atoms with Gasteiger partial charge in [0, 0.05) is 30.0 Å². The zero-order valence-electron chi connectivity index (χ0n) is 15.8. The van der Waals surface area contributed by atoms with Crippen molar-refractivity contribution in [2.24, 2.45) is 0 Å². The molecule has 0 saturated carbocycles. The van der Waals surface area contributed by atoms with Gasteiger partial charge in [-0.3, -0.25) is 0 Å². The third kappa shape index (κ3) is 4.20. The molecule has 0 radical (unpaired) electrons. The number of hydrogen-bond donors (Lipinski definition) is 2. The van der Waals surface area contributed by atoms with Crippen LogP contribution >= 0.6 is 0 Å². The number of hydrogen-bond acceptors (Lipinski definition) is 9. The van der Waals surface area contributed by atoms with Crippen LogP contribution in [0, 0.1) is 13.8 Å². The summed E-state index contributed by atoms with van der Waals surface area (Å²) in [5.41, 5.74) is 0.728. The molecule has 9 heteroatoms. The lowest BCUT2D eigenvalue weighted by molar-refractivity contribution is 0.324. The highest BCUT2D eigenvalue weighted by Crippen LogP contribution is 2.40. The van der Waals surface area contributed by atoms with E-state index in [1.54, 1.807) is 52.5 Å². The summed E-state index contributed by atoms with van der Waals surface area (Å²) in [5.74, 6) is 4.67. The van der Waals surface area contributed by atoms with Crippen LogP contribution in [-0.2, 0) is 0 Å². The van der Waals surface area contributed by atoms with Gasteiger partial charge >= 0.3 is 0 Å². The molecular weight excluding hydrogens is 350 g/mol. The zero-order chi connectivity index (χ0) is 19.4. The summed E-state index contributed by atoms with van der Waals surface area (Å²) in [6.45, 7) is 3.63. The standard InChI is InChI=1S/C18H21N5O4/c1-10-6-17(23-27-10)22-16-9-15(19-11(2)20-16)21-12-7-13(24-3)18(26-5)14(8-12)25-4/h6-9H,1-5H3,(H2,19,20,21,22,23). The highest BCUT2D eigenvalue weighted by atomic mass is 16.5. The molecule has 2 heterocycles. The smallest absolute Gasteiger partial charge is 0.203 e. The molecule has 0 aliphatic carbocycles. The number of aryl methyl sites for hydroxylation is 2.